The summed E-state index contributed by atoms with van der Waals surface area (Å²) < 4.78 is 2.07. The van der Waals surface area contributed by atoms with E-state index in [-0.39, 0.29) is 5.56 Å². The number of anilines is 1. The molecule has 0 aromatic carbocycles. The van der Waals surface area contributed by atoms with E-state index < -0.39 is 0 Å². The molecule has 2 heterocycles. The van der Waals surface area contributed by atoms with Crippen LogP contribution in [0.15, 0.2) is 15.5 Å². The maximum absolute atomic E-state index is 12.0. The molecule has 0 bridgehead atoms. The first-order chi connectivity index (χ1) is 8.19. The SMILES string of the molecule is CCN(c1cnn(CC)c(=O)c1Br)C1CNC1. The van der Waals surface area contributed by atoms with E-state index in [0.29, 0.717) is 17.1 Å². The Kier molecular flexibility index (Phi) is 3.83. The Bertz CT molecular complexity index is 455. The number of hydrogen-bond acceptors (Lipinski definition) is 4. The van der Waals surface area contributed by atoms with Crippen LogP contribution in [0.4, 0.5) is 5.69 Å². The molecule has 0 unspecified atom stereocenters. The van der Waals surface area contributed by atoms with Gasteiger partial charge in [0.15, 0.2) is 0 Å². The minimum Gasteiger partial charge on any atom is -0.364 e. The van der Waals surface area contributed by atoms with Gasteiger partial charge in [0.05, 0.1) is 17.9 Å². The molecule has 0 amide bonds. The van der Waals surface area contributed by atoms with E-state index in [4.69, 9.17) is 0 Å². The van der Waals surface area contributed by atoms with Gasteiger partial charge < -0.3 is 10.2 Å². The van der Waals surface area contributed by atoms with E-state index in [0.717, 1.165) is 25.3 Å². The van der Waals surface area contributed by atoms with Gasteiger partial charge in [-0.25, -0.2) is 4.68 Å². The van der Waals surface area contributed by atoms with Gasteiger partial charge in [0.25, 0.3) is 5.56 Å². The third-order valence-electron chi connectivity index (χ3n) is 3.12. The minimum atomic E-state index is -0.0595. The Balaban J connectivity index is 2.37. The maximum atomic E-state index is 12.0. The number of aryl methyl sites for hydroxylation is 1. The maximum Gasteiger partial charge on any atom is 0.283 e. The molecule has 0 atom stereocenters. The van der Waals surface area contributed by atoms with E-state index >= 15 is 0 Å². The zero-order valence-corrected chi connectivity index (χ0v) is 11.7. The molecule has 17 heavy (non-hydrogen) atoms. The summed E-state index contributed by atoms with van der Waals surface area (Å²) >= 11 is 3.40. The van der Waals surface area contributed by atoms with Gasteiger partial charge in [-0.2, -0.15) is 5.10 Å². The molecule has 1 fully saturated rings. The second kappa shape index (κ2) is 5.18. The molecule has 1 N–H and O–H groups in total. The fraction of sp³-hybridized carbons (Fsp3) is 0.636. The molecule has 94 valence electrons. The summed E-state index contributed by atoms with van der Waals surface area (Å²) in [7, 11) is 0. The predicted molar refractivity (Wildman–Crippen MR) is 71.5 cm³/mol. The highest BCUT2D eigenvalue weighted by atomic mass is 79.9. The van der Waals surface area contributed by atoms with E-state index in [1.54, 1.807) is 6.20 Å². The van der Waals surface area contributed by atoms with Crippen LogP contribution in [-0.2, 0) is 6.54 Å². The predicted octanol–water partition coefficient (Wildman–Crippen LogP) is 0.824. The van der Waals surface area contributed by atoms with Crippen LogP contribution in [0.3, 0.4) is 0 Å². The van der Waals surface area contributed by atoms with Crippen molar-refractivity contribution < 1.29 is 0 Å². The van der Waals surface area contributed by atoms with Crippen LogP contribution >= 0.6 is 15.9 Å². The van der Waals surface area contributed by atoms with Crippen LogP contribution in [-0.4, -0.2) is 35.5 Å². The summed E-state index contributed by atoms with van der Waals surface area (Å²) in [5.74, 6) is 0. The van der Waals surface area contributed by atoms with Gasteiger partial charge in [-0.3, -0.25) is 4.79 Å². The summed E-state index contributed by atoms with van der Waals surface area (Å²) in [6.45, 7) is 7.41. The Hall–Kier alpha value is -0.880. The summed E-state index contributed by atoms with van der Waals surface area (Å²) in [5.41, 5.74) is 0.837. The second-order valence-corrected chi connectivity index (χ2v) is 4.86. The molecule has 1 aliphatic rings. The fourth-order valence-corrected chi connectivity index (χ4v) is 2.54. The topological polar surface area (TPSA) is 50.2 Å². The molecule has 5 nitrogen and oxygen atoms in total. The molecule has 0 spiro atoms. The molecular formula is C11H17BrN4O. The van der Waals surface area contributed by atoms with E-state index in [1.165, 1.54) is 4.68 Å². The van der Waals surface area contributed by atoms with Gasteiger partial charge in [-0.1, -0.05) is 0 Å². The smallest absolute Gasteiger partial charge is 0.283 e. The van der Waals surface area contributed by atoms with Crippen molar-refractivity contribution >= 4 is 21.6 Å². The van der Waals surface area contributed by atoms with E-state index in [2.05, 4.69) is 38.2 Å². The molecule has 1 aliphatic heterocycles. The second-order valence-electron chi connectivity index (χ2n) is 4.06. The third-order valence-corrected chi connectivity index (χ3v) is 3.86. The molecule has 1 aromatic rings. The van der Waals surface area contributed by atoms with Crippen LogP contribution in [0.2, 0.25) is 0 Å². The first-order valence-electron chi connectivity index (χ1n) is 5.92. The van der Waals surface area contributed by atoms with Crippen molar-refractivity contribution in [2.45, 2.75) is 26.4 Å². The van der Waals surface area contributed by atoms with Crippen molar-refractivity contribution in [1.29, 1.82) is 0 Å². The third kappa shape index (κ3) is 2.24. The highest BCUT2D eigenvalue weighted by Gasteiger charge is 2.26. The average molecular weight is 301 g/mol. The number of nitrogens with zero attached hydrogens (tertiary/aromatic N) is 3. The lowest BCUT2D eigenvalue weighted by molar-refractivity contribution is 0.416. The van der Waals surface area contributed by atoms with Crippen molar-refractivity contribution in [2.24, 2.45) is 0 Å². The Morgan fingerprint density at radius 2 is 2.29 bits per heavy atom. The van der Waals surface area contributed by atoms with Crippen LogP contribution in [0.5, 0.6) is 0 Å². The van der Waals surface area contributed by atoms with Crippen molar-refractivity contribution in [3.05, 3.63) is 21.0 Å². The van der Waals surface area contributed by atoms with E-state index in [9.17, 15) is 4.79 Å². The normalized spacial score (nSPS) is 15.7. The van der Waals surface area contributed by atoms with Crippen LogP contribution in [0, 0.1) is 0 Å². The average Bonchev–Trinajstić information content (AvgIpc) is 2.27. The zero-order valence-electron chi connectivity index (χ0n) is 10.1. The number of nitrogens with one attached hydrogen (secondary N) is 1. The van der Waals surface area contributed by atoms with Crippen LogP contribution in [0.25, 0.3) is 0 Å². The van der Waals surface area contributed by atoms with Crippen LogP contribution in [0.1, 0.15) is 13.8 Å². The summed E-state index contributed by atoms with van der Waals surface area (Å²) in [5, 5.41) is 7.42. The molecule has 1 saturated heterocycles. The summed E-state index contributed by atoms with van der Waals surface area (Å²) in [6.07, 6.45) is 1.77. The monoisotopic (exact) mass is 300 g/mol. The lowest BCUT2D eigenvalue weighted by Crippen LogP contribution is -2.57. The fourth-order valence-electron chi connectivity index (χ4n) is 2.00. The van der Waals surface area contributed by atoms with Crippen LogP contribution < -0.4 is 15.8 Å². The largest absolute Gasteiger partial charge is 0.364 e. The zero-order chi connectivity index (χ0) is 12.4. The first-order valence-corrected chi connectivity index (χ1v) is 6.71. The number of halogens is 1. The highest BCUT2D eigenvalue weighted by Crippen LogP contribution is 2.24. The standard InChI is InChI=1S/C11H17BrN4O/c1-3-15(8-5-13-6-8)9-7-14-16(4-2)11(17)10(9)12/h7-8,13H,3-6H2,1-2H3. The summed E-state index contributed by atoms with van der Waals surface area (Å²) in [4.78, 5) is 14.2. The molecule has 0 radical (unpaired) electrons. The molecule has 6 heteroatoms. The van der Waals surface area contributed by atoms with Crippen molar-refractivity contribution in [2.75, 3.05) is 24.5 Å². The molecule has 1 aromatic heterocycles. The Morgan fingerprint density at radius 1 is 1.59 bits per heavy atom. The van der Waals surface area contributed by atoms with Crippen molar-refractivity contribution in [1.82, 2.24) is 15.1 Å². The number of likely N-dealkylation sites (N-methyl/N-ethyl adjacent to an activating group) is 1. The van der Waals surface area contributed by atoms with Gasteiger partial charge in [0.1, 0.15) is 4.47 Å². The number of rotatable bonds is 4. The molecule has 2 rings (SSSR count). The van der Waals surface area contributed by atoms with Gasteiger partial charge in [0.2, 0.25) is 0 Å². The highest BCUT2D eigenvalue weighted by molar-refractivity contribution is 9.10. The quantitative estimate of drug-likeness (QED) is 0.895. The van der Waals surface area contributed by atoms with Gasteiger partial charge in [-0.15, -0.1) is 0 Å². The Morgan fingerprint density at radius 3 is 2.76 bits per heavy atom. The number of hydrogen-bond donors (Lipinski definition) is 1. The lowest BCUT2D eigenvalue weighted by atomic mass is 10.1. The minimum absolute atomic E-state index is 0.0595. The van der Waals surface area contributed by atoms with Gasteiger partial charge >= 0.3 is 0 Å². The molecule has 0 saturated carbocycles. The summed E-state index contributed by atoms with van der Waals surface area (Å²) in [6, 6.07) is 0.468. The number of aromatic nitrogens is 2. The molecular weight excluding hydrogens is 284 g/mol. The Labute approximate surface area is 109 Å². The van der Waals surface area contributed by atoms with Crippen molar-refractivity contribution in [3.8, 4) is 0 Å². The van der Waals surface area contributed by atoms with E-state index in [1.807, 2.05) is 6.92 Å². The lowest BCUT2D eigenvalue weighted by Gasteiger charge is -2.39. The molecule has 0 aliphatic carbocycles. The van der Waals surface area contributed by atoms with Crippen molar-refractivity contribution in [3.63, 3.8) is 0 Å². The van der Waals surface area contributed by atoms with Gasteiger partial charge in [-0.05, 0) is 29.8 Å². The van der Waals surface area contributed by atoms with Gasteiger partial charge in [0, 0.05) is 26.2 Å². The first kappa shape index (κ1) is 12.6.